The number of para-hydroxylation sites is 2. The molecule has 1 saturated heterocycles. The lowest BCUT2D eigenvalue weighted by molar-refractivity contribution is 0.287. The molecule has 2 heterocycles. The van der Waals surface area contributed by atoms with E-state index in [1.165, 1.54) is 0 Å². The normalized spacial score (nSPS) is 24.6. The molecule has 132 valence electrons. The third-order valence-corrected chi connectivity index (χ3v) is 5.64. The largest absolute Gasteiger partial charge is 0.361 e. The number of hydrogen-bond donors (Lipinski definition) is 1. The third kappa shape index (κ3) is 3.33. The molecule has 4 heteroatoms. The van der Waals surface area contributed by atoms with E-state index in [2.05, 4.69) is 40.6 Å². The van der Waals surface area contributed by atoms with Gasteiger partial charge in [-0.05, 0) is 44.2 Å². The molecule has 2 aromatic rings. The van der Waals surface area contributed by atoms with Gasteiger partial charge in [0, 0.05) is 41.3 Å². The number of hydrogen-bond acceptors (Lipinski definition) is 3. The fourth-order valence-electron chi connectivity index (χ4n) is 3.81. The second-order valence-electron chi connectivity index (χ2n) is 6.75. The summed E-state index contributed by atoms with van der Waals surface area (Å²) in [5, 5.41) is 4.22. The van der Waals surface area contributed by atoms with E-state index in [0.29, 0.717) is 12.1 Å². The molecule has 2 bridgehead atoms. The van der Waals surface area contributed by atoms with Crippen molar-refractivity contribution < 1.29 is 0 Å². The number of likely N-dealkylation sites (N-methyl/N-ethyl adjacent to an activating group) is 1. The van der Waals surface area contributed by atoms with Crippen molar-refractivity contribution in [1.29, 1.82) is 0 Å². The Kier molecular flexibility index (Phi) is 4.91. The third-order valence-electron chi connectivity index (χ3n) is 5.20. The standard InChI is InChI=1S/C22H22ClN3/c1-26-20-12-13-21(26)19(15-25-17-10-6-3-7-11-17)22(23)18(20)14-24-16-8-4-2-5-9-16/h2-11,14-15,20-21,24H,12-13H2,1H3/b18-14+,25-15+. The topological polar surface area (TPSA) is 27.6 Å². The number of rotatable bonds is 4. The minimum absolute atomic E-state index is 0.342. The lowest BCUT2D eigenvalue weighted by Gasteiger charge is -2.34. The molecule has 26 heavy (non-hydrogen) atoms. The van der Waals surface area contributed by atoms with Crippen molar-refractivity contribution in [3.8, 4) is 0 Å². The summed E-state index contributed by atoms with van der Waals surface area (Å²) in [6.45, 7) is 0. The van der Waals surface area contributed by atoms with Gasteiger partial charge in [-0.1, -0.05) is 48.0 Å². The summed E-state index contributed by atoms with van der Waals surface area (Å²) in [4.78, 5) is 7.06. The molecule has 0 saturated carbocycles. The molecule has 0 aromatic heterocycles. The van der Waals surface area contributed by atoms with Crippen LogP contribution < -0.4 is 5.32 Å². The maximum absolute atomic E-state index is 6.83. The maximum Gasteiger partial charge on any atom is 0.0629 e. The van der Waals surface area contributed by atoms with Gasteiger partial charge in [0.05, 0.1) is 10.7 Å². The predicted molar refractivity (Wildman–Crippen MR) is 110 cm³/mol. The van der Waals surface area contributed by atoms with Gasteiger partial charge in [-0.3, -0.25) is 9.89 Å². The lowest BCUT2D eigenvalue weighted by Crippen LogP contribution is -2.39. The molecule has 0 amide bonds. The Bertz CT molecular complexity index is 855. The zero-order valence-corrected chi connectivity index (χ0v) is 15.5. The summed E-state index contributed by atoms with van der Waals surface area (Å²) in [6.07, 6.45) is 6.21. The molecule has 2 aromatic carbocycles. The highest BCUT2D eigenvalue weighted by Crippen LogP contribution is 2.42. The molecule has 2 aliphatic heterocycles. The van der Waals surface area contributed by atoms with E-state index in [9.17, 15) is 0 Å². The first kappa shape index (κ1) is 17.1. The molecule has 2 atom stereocenters. The Hall–Kier alpha value is -2.36. The Morgan fingerprint density at radius 2 is 1.65 bits per heavy atom. The van der Waals surface area contributed by atoms with E-state index < -0.39 is 0 Å². The van der Waals surface area contributed by atoms with Crippen LogP contribution >= 0.6 is 11.6 Å². The molecule has 2 aliphatic rings. The molecular weight excluding hydrogens is 342 g/mol. The number of fused-ring (bicyclic) bond motifs is 2. The molecule has 3 nitrogen and oxygen atoms in total. The van der Waals surface area contributed by atoms with Crippen molar-refractivity contribution in [3.63, 3.8) is 0 Å². The van der Waals surface area contributed by atoms with Crippen molar-refractivity contribution in [2.75, 3.05) is 12.4 Å². The Morgan fingerprint density at radius 3 is 2.38 bits per heavy atom. The minimum atomic E-state index is 0.342. The Balaban J connectivity index is 1.66. The summed E-state index contributed by atoms with van der Waals surface area (Å²) >= 11 is 6.83. The second kappa shape index (κ2) is 7.48. The zero-order valence-electron chi connectivity index (χ0n) is 14.8. The number of aliphatic imine (C=N–C) groups is 1. The molecule has 4 rings (SSSR count). The van der Waals surface area contributed by atoms with E-state index in [-0.39, 0.29) is 0 Å². The molecule has 2 unspecified atom stereocenters. The summed E-state index contributed by atoms with van der Waals surface area (Å²) in [6, 6.07) is 20.9. The molecular formula is C22H22ClN3. The van der Waals surface area contributed by atoms with E-state index in [4.69, 9.17) is 11.6 Å². The van der Waals surface area contributed by atoms with Crippen LogP contribution in [0.25, 0.3) is 0 Å². The van der Waals surface area contributed by atoms with Crippen LogP contribution in [0.1, 0.15) is 12.8 Å². The fourth-order valence-corrected chi connectivity index (χ4v) is 4.16. The molecule has 0 radical (unpaired) electrons. The van der Waals surface area contributed by atoms with Crippen molar-refractivity contribution in [3.05, 3.63) is 83.0 Å². The highest BCUT2D eigenvalue weighted by atomic mass is 35.5. The lowest BCUT2D eigenvalue weighted by atomic mass is 9.98. The first-order valence-electron chi connectivity index (χ1n) is 8.97. The van der Waals surface area contributed by atoms with Crippen LogP contribution in [0.3, 0.4) is 0 Å². The first-order valence-corrected chi connectivity index (χ1v) is 9.34. The van der Waals surface area contributed by atoms with Gasteiger partial charge in [0.1, 0.15) is 0 Å². The summed E-state index contributed by atoms with van der Waals surface area (Å²) in [5.41, 5.74) is 4.25. The van der Waals surface area contributed by atoms with Gasteiger partial charge in [-0.25, -0.2) is 0 Å². The van der Waals surface area contributed by atoms with Crippen molar-refractivity contribution in [1.82, 2.24) is 4.90 Å². The molecule has 1 fully saturated rings. The van der Waals surface area contributed by atoms with Crippen LogP contribution in [0, 0.1) is 0 Å². The first-order chi connectivity index (χ1) is 12.7. The van der Waals surface area contributed by atoms with E-state index >= 15 is 0 Å². The Labute approximate surface area is 159 Å². The van der Waals surface area contributed by atoms with E-state index in [1.807, 2.05) is 54.7 Å². The number of nitrogens with zero attached hydrogens (tertiary/aromatic N) is 2. The van der Waals surface area contributed by atoms with Crippen LogP contribution in [0.5, 0.6) is 0 Å². The monoisotopic (exact) mass is 363 g/mol. The van der Waals surface area contributed by atoms with Crippen LogP contribution in [0.4, 0.5) is 11.4 Å². The summed E-state index contributed by atoms with van der Waals surface area (Å²) in [7, 11) is 2.18. The number of benzene rings is 2. The summed E-state index contributed by atoms with van der Waals surface area (Å²) < 4.78 is 0. The second-order valence-corrected chi connectivity index (χ2v) is 7.13. The minimum Gasteiger partial charge on any atom is -0.361 e. The number of nitrogens with one attached hydrogen (secondary N) is 1. The van der Waals surface area contributed by atoms with E-state index in [0.717, 1.165) is 40.4 Å². The Morgan fingerprint density at radius 1 is 1.00 bits per heavy atom. The van der Waals surface area contributed by atoms with Gasteiger partial charge in [0.25, 0.3) is 0 Å². The predicted octanol–water partition coefficient (Wildman–Crippen LogP) is 5.35. The smallest absolute Gasteiger partial charge is 0.0629 e. The van der Waals surface area contributed by atoms with E-state index in [1.54, 1.807) is 0 Å². The highest BCUT2D eigenvalue weighted by Gasteiger charge is 2.41. The average Bonchev–Trinajstić information content (AvgIpc) is 2.98. The van der Waals surface area contributed by atoms with Crippen molar-refractivity contribution >= 4 is 29.2 Å². The molecule has 1 N–H and O–H groups in total. The van der Waals surface area contributed by atoms with Gasteiger partial charge >= 0.3 is 0 Å². The molecule has 0 spiro atoms. The average molecular weight is 364 g/mol. The van der Waals surface area contributed by atoms with Gasteiger partial charge in [0.2, 0.25) is 0 Å². The van der Waals surface area contributed by atoms with Crippen LogP contribution in [-0.2, 0) is 0 Å². The highest BCUT2D eigenvalue weighted by molar-refractivity contribution is 6.34. The van der Waals surface area contributed by atoms with Crippen LogP contribution in [0.15, 0.2) is 88.0 Å². The zero-order chi connectivity index (χ0) is 17.9. The van der Waals surface area contributed by atoms with Crippen molar-refractivity contribution in [2.45, 2.75) is 24.9 Å². The number of anilines is 1. The quantitative estimate of drug-likeness (QED) is 0.741. The maximum atomic E-state index is 6.83. The van der Waals surface area contributed by atoms with Gasteiger partial charge in [0.15, 0.2) is 0 Å². The molecule has 0 aliphatic carbocycles. The summed E-state index contributed by atoms with van der Waals surface area (Å²) in [5.74, 6) is 0. The SMILES string of the molecule is CN1C2CCC1/C(=C\Nc1ccccc1)C(Cl)=C2/C=N/c1ccccc1. The fraction of sp³-hybridized carbons (Fsp3) is 0.227. The van der Waals surface area contributed by atoms with Crippen LogP contribution in [-0.4, -0.2) is 30.2 Å². The van der Waals surface area contributed by atoms with Gasteiger partial charge in [-0.15, -0.1) is 0 Å². The van der Waals surface area contributed by atoms with Crippen molar-refractivity contribution in [2.24, 2.45) is 4.99 Å². The van der Waals surface area contributed by atoms with Crippen LogP contribution in [0.2, 0.25) is 0 Å². The van der Waals surface area contributed by atoms with Gasteiger partial charge < -0.3 is 5.32 Å². The number of halogens is 1. The van der Waals surface area contributed by atoms with Gasteiger partial charge in [-0.2, -0.15) is 0 Å².